The van der Waals surface area contributed by atoms with Gasteiger partial charge in [-0.05, 0) is 207 Å². The van der Waals surface area contributed by atoms with Crippen molar-refractivity contribution < 1.29 is 0 Å². The van der Waals surface area contributed by atoms with Crippen LogP contribution >= 0.6 is 105 Å². The van der Waals surface area contributed by atoms with E-state index in [2.05, 4.69) is 405 Å². The number of H-pyrrole nitrogens is 8. The maximum Gasteiger partial charge on any atom is 0.140 e. The zero-order valence-electron chi connectivity index (χ0n) is 68.6. The van der Waals surface area contributed by atoms with Crippen molar-refractivity contribution in [1.82, 2.24) is 59.8 Å². The molecular formula is C109H77Br3ClI2N13. The van der Waals surface area contributed by atoms with E-state index in [1.54, 1.807) is 0 Å². The van der Waals surface area contributed by atoms with E-state index in [-0.39, 0.29) is 0 Å². The highest BCUT2D eigenvalue weighted by Crippen LogP contribution is 2.44. The Hall–Kier alpha value is -12.9. The van der Waals surface area contributed by atoms with Crippen LogP contribution in [0.3, 0.4) is 0 Å². The first kappa shape index (κ1) is 82.1. The van der Waals surface area contributed by atoms with E-state index in [4.69, 9.17) is 31.5 Å². The Morgan fingerprint density at radius 1 is 0.273 bits per heavy atom. The summed E-state index contributed by atoms with van der Waals surface area (Å²) in [6, 6.07) is 116. The smallest absolute Gasteiger partial charge is 0.140 e. The number of fused-ring (bicyclic) bond motifs is 10. The molecule has 9 heterocycles. The van der Waals surface area contributed by atoms with E-state index in [0.717, 1.165) is 194 Å². The normalized spacial score (nSPS) is 12.1. The van der Waals surface area contributed by atoms with E-state index in [9.17, 15) is 0 Å². The number of piperidine rings is 1. The first-order valence-corrected chi connectivity index (χ1v) is 47.2. The molecule has 1 saturated heterocycles. The third kappa shape index (κ3) is 16.8. The van der Waals surface area contributed by atoms with Gasteiger partial charge in [0.1, 0.15) is 23.3 Å². The number of benzene rings is 15. The Morgan fingerprint density at radius 2 is 0.609 bits per heavy atom. The second-order valence-corrected chi connectivity index (χ2v) is 37.4. The van der Waals surface area contributed by atoms with Crippen molar-refractivity contribution in [3.8, 4) is 135 Å². The highest BCUT2D eigenvalue weighted by atomic mass is 127. The van der Waals surface area contributed by atoms with Crippen molar-refractivity contribution in [1.29, 1.82) is 0 Å². The van der Waals surface area contributed by atoms with Gasteiger partial charge in [0.2, 0.25) is 0 Å². The van der Waals surface area contributed by atoms with Gasteiger partial charge in [-0.15, -0.1) is 0 Å². The molecule has 24 rings (SSSR count). The van der Waals surface area contributed by atoms with Crippen molar-refractivity contribution in [2.45, 2.75) is 19.3 Å². The molecule has 0 spiro atoms. The number of rotatable bonds is 13. The monoisotopic (exact) mass is 2090 g/mol. The quantitative estimate of drug-likeness (QED) is 0.0422. The minimum atomic E-state index is 0.707. The number of hydrogen-bond acceptors (Lipinski definition) is 5. The minimum Gasteiger partial charge on any atom is -0.372 e. The predicted molar refractivity (Wildman–Crippen MR) is 559 cm³/mol. The van der Waals surface area contributed by atoms with Crippen molar-refractivity contribution in [2.24, 2.45) is 0 Å². The van der Waals surface area contributed by atoms with Crippen LogP contribution in [0.5, 0.6) is 0 Å². The van der Waals surface area contributed by atoms with Gasteiger partial charge < -0.3 is 44.8 Å². The number of nitrogens with zero attached hydrogens (tertiary/aromatic N) is 5. The van der Waals surface area contributed by atoms with E-state index in [1.807, 2.05) is 91.5 Å². The van der Waals surface area contributed by atoms with Crippen LogP contribution in [-0.2, 0) is 0 Å². The molecule has 19 heteroatoms. The van der Waals surface area contributed by atoms with E-state index >= 15 is 0 Å². The molecule has 0 aliphatic carbocycles. The SMILES string of the molecule is Brc1ccc2[nH]cc(-c3nc(-c4ccccc4)c(-c4ccc(N5CCCCC5)cc4)[nH]3)c2c1.Brc1ccc2[nH]cc(-c3nc4c5cc(I)ccc5c5ccc(I)cc5c4[nH]3)c2c1.Clc1ccc(-c2[nH]c(-c3c[nH]c4ccc(Br)cc34)nc2-c2ccc(-c3ccccc3)cc2)cc1.c1ccc(-c2ccc(-c3[nH]c(-c4c[nH]c5ccccc45)nc3-c3ccccc3)cc2)cc1. The zero-order valence-corrected chi connectivity index (χ0v) is 78.4. The Morgan fingerprint density at radius 3 is 1.05 bits per heavy atom. The summed E-state index contributed by atoms with van der Waals surface area (Å²) < 4.78 is 5.57. The van der Waals surface area contributed by atoms with Crippen molar-refractivity contribution >= 4 is 186 Å². The predicted octanol–water partition coefficient (Wildman–Crippen LogP) is 32.2. The third-order valence-electron chi connectivity index (χ3n) is 23.8. The lowest BCUT2D eigenvalue weighted by atomic mass is 10.0. The van der Waals surface area contributed by atoms with Gasteiger partial charge in [0.15, 0.2) is 0 Å². The summed E-state index contributed by atoms with van der Waals surface area (Å²) in [6.45, 7) is 2.30. The Labute approximate surface area is 795 Å². The summed E-state index contributed by atoms with van der Waals surface area (Å²) in [5.74, 6) is 3.43. The number of nitrogens with one attached hydrogen (secondary N) is 8. The summed E-state index contributed by atoms with van der Waals surface area (Å²) in [4.78, 5) is 50.8. The standard InChI is InChI=1S/C29H19BrClN3.C29H21N3.C28H25BrN4.C23H12BrI2N3/c30-22-12-15-26-24(16-22)25(17-32-26)29-33-27(28(34-29)21-10-13-23(31)14-11-21)20-8-6-19(7-9-20)18-4-2-1-3-5-18;1-3-9-20(10-4-1)21-15-17-23(18-16-21)28-27(22-11-5-2-6-12-22)31-29(32-28)25-19-30-26-14-8-7-13-24(25)26;29-21-11-14-25-23(17-21)24(18-30-25)28-31-26(19-7-3-1-4-8-19)27(32-28)20-9-12-22(13-10-20)33-15-5-2-6-16-33;24-11-1-6-20-16(7-11)19(10-27-20)23-28-21-17-8-12(25)2-4-14(17)15-5-3-13(26)9-18(15)22(21)29-23/h1-17,32H,(H,33,34);1-19,30H,(H,31,32);1,3-4,7-14,17-18,30H,2,5-6,15-16H2,(H,31,32);1-10,27H,(H,28,29). The largest absolute Gasteiger partial charge is 0.372 e. The molecule has 15 aromatic carbocycles. The molecule has 1 aliphatic heterocycles. The molecule has 0 atom stereocenters. The molecule has 8 N–H and O–H groups in total. The van der Waals surface area contributed by atoms with Gasteiger partial charge in [-0.2, -0.15) is 0 Å². The van der Waals surface area contributed by atoms with Crippen molar-refractivity contribution in [2.75, 3.05) is 18.0 Å². The zero-order chi connectivity index (χ0) is 86.3. The van der Waals surface area contributed by atoms with E-state index in [1.165, 1.54) is 75.9 Å². The first-order valence-electron chi connectivity index (χ1n) is 42.3. The molecule has 13 nitrogen and oxygen atoms in total. The van der Waals surface area contributed by atoms with Crippen molar-refractivity contribution in [3.63, 3.8) is 0 Å². The maximum atomic E-state index is 6.16. The molecule has 0 unspecified atom stereocenters. The fraction of sp³-hybridized carbons (Fsp3) is 0.0459. The van der Waals surface area contributed by atoms with Crippen LogP contribution in [0.25, 0.3) is 212 Å². The third-order valence-corrected chi connectivity index (χ3v) is 26.9. The second-order valence-electron chi connectivity index (χ2n) is 31.8. The number of aromatic nitrogens is 12. The van der Waals surface area contributed by atoms with Gasteiger partial charge in [0.05, 0.1) is 45.2 Å². The van der Waals surface area contributed by atoms with Gasteiger partial charge in [-0.1, -0.05) is 284 Å². The summed E-state index contributed by atoms with van der Waals surface area (Å²) in [5.41, 5.74) is 29.2. The van der Waals surface area contributed by atoms with Crippen molar-refractivity contribution in [3.05, 3.63) is 384 Å². The van der Waals surface area contributed by atoms with Crippen LogP contribution < -0.4 is 4.90 Å². The highest BCUT2D eigenvalue weighted by molar-refractivity contribution is 14.1. The fourth-order valence-electron chi connectivity index (χ4n) is 17.4. The maximum absolute atomic E-state index is 6.16. The average molecular weight is 2100 g/mol. The summed E-state index contributed by atoms with van der Waals surface area (Å²) in [5, 5.41) is 10.2. The molecule has 8 aromatic heterocycles. The van der Waals surface area contributed by atoms with Crippen LogP contribution in [0.4, 0.5) is 5.69 Å². The molecule has 0 saturated carbocycles. The molecule has 23 aromatic rings. The molecule has 0 amide bonds. The number of anilines is 1. The fourth-order valence-corrected chi connectivity index (χ4v) is 19.6. The lowest BCUT2D eigenvalue weighted by molar-refractivity contribution is 0.578. The average Bonchev–Trinajstić information content (AvgIpc) is 1.54. The lowest BCUT2D eigenvalue weighted by Crippen LogP contribution is -2.29. The van der Waals surface area contributed by atoms with Crippen LogP contribution in [0.2, 0.25) is 5.02 Å². The first-order chi connectivity index (χ1) is 62.9. The lowest BCUT2D eigenvalue weighted by Gasteiger charge is -2.28. The number of aromatic amines is 8. The number of para-hydroxylation sites is 1. The molecule has 1 aliphatic rings. The molecule has 620 valence electrons. The van der Waals surface area contributed by atoms with Crippen LogP contribution in [0.1, 0.15) is 19.3 Å². The summed E-state index contributed by atoms with van der Waals surface area (Å²) >= 11 is 21.7. The number of halogens is 6. The van der Waals surface area contributed by atoms with Gasteiger partial charge in [-0.3, -0.25) is 0 Å². The van der Waals surface area contributed by atoms with Crippen LogP contribution in [0, 0.1) is 7.14 Å². The number of imidazole rings is 4. The van der Waals surface area contributed by atoms with E-state index < -0.39 is 0 Å². The van der Waals surface area contributed by atoms with Gasteiger partial charge in [-0.25, -0.2) is 19.9 Å². The van der Waals surface area contributed by atoms with Gasteiger partial charge >= 0.3 is 0 Å². The topological polar surface area (TPSA) is 181 Å². The minimum absolute atomic E-state index is 0.707. The van der Waals surface area contributed by atoms with E-state index in [0.29, 0.717) is 5.02 Å². The Balaban J connectivity index is 0.000000104. The molecular weight excluding hydrogens is 2020 g/mol. The second kappa shape index (κ2) is 36.1. The van der Waals surface area contributed by atoms with Gasteiger partial charge in [0, 0.05) is 179 Å². The molecule has 0 radical (unpaired) electrons. The molecule has 0 bridgehead atoms. The van der Waals surface area contributed by atoms with Gasteiger partial charge in [0.25, 0.3) is 0 Å². The highest BCUT2D eigenvalue weighted by Gasteiger charge is 2.24. The Bertz CT molecular complexity index is 7890. The summed E-state index contributed by atoms with van der Waals surface area (Å²) in [7, 11) is 0. The molecule has 128 heavy (non-hydrogen) atoms. The number of hydrogen-bond donors (Lipinski definition) is 8. The van der Waals surface area contributed by atoms with Crippen LogP contribution in [-0.4, -0.2) is 72.9 Å². The molecule has 1 fully saturated rings. The van der Waals surface area contributed by atoms with Crippen LogP contribution in [0.15, 0.2) is 372 Å². The summed E-state index contributed by atoms with van der Waals surface area (Å²) in [6.07, 6.45) is 12.0. The Kier molecular flexibility index (Phi) is 23.1.